The van der Waals surface area contributed by atoms with Crippen molar-refractivity contribution < 1.29 is 23.4 Å². The van der Waals surface area contributed by atoms with Crippen molar-refractivity contribution in [3.63, 3.8) is 0 Å². The minimum absolute atomic E-state index is 0.000104. The van der Waals surface area contributed by atoms with E-state index in [-0.39, 0.29) is 35.6 Å². The number of aromatic nitrogens is 2. The normalized spacial score (nSPS) is 18.0. The molecule has 9 nitrogen and oxygen atoms in total. The van der Waals surface area contributed by atoms with Crippen LogP contribution < -0.4 is 15.8 Å². The number of benzene rings is 1. The first-order valence-corrected chi connectivity index (χ1v) is 11.3. The number of hydrogen-bond acceptors (Lipinski definition) is 7. The molecule has 2 atom stereocenters. The highest BCUT2D eigenvalue weighted by Gasteiger charge is 2.46. The zero-order chi connectivity index (χ0) is 26.2. The molecule has 2 N–H and O–H groups in total. The summed E-state index contributed by atoms with van der Waals surface area (Å²) in [6.07, 6.45) is 0.264. The zero-order valence-electron chi connectivity index (χ0n) is 20.0. The quantitative estimate of drug-likeness (QED) is 0.530. The van der Waals surface area contributed by atoms with E-state index in [9.17, 15) is 28.7 Å². The Balaban J connectivity index is 1.84. The fraction of sp³-hybridized carbons (Fsp3) is 0.360. The number of carboxylic acid groups (broad SMARTS) is 1. The molecule has 0 unspecified atom stereocenters. The number of piperidine rings is 1. The number of rotatable bonds is 6. The lowest BCUT2D eigenvalue weighted by Gasteiger charge is -2.38. The van der Waals surface area contributed by atoms with E-state index in [0.717, 1.165) is 0 Å². The Labute approximate surface area is 205 Å². The second-order valence-electron chi connectivity index (χ2n) is 8.81. The molecule has 1 saturated heterocycles. The van der Waals surface area contributed by atoms with Gasteiger partial charge >= 0.3 is 5.97 Å². The number of halogens is 2. The van der Waals surface area contributed by atoms with Gasteiger partial charge in [-0.3, -0.25) is 9.20 Å². The van der Waals surface area contributed by atoms with E-state index < -0.39 is 36.1 Å². The fourth-order valence-corrected chi connectivity index (χ4v) is 4.54. The molecule has 4 rings (SSSR count). The van der Waals surface area contributed by atoms with Crippen LogP contribution in [0.25, 0.3) is 5.65 Å². The molecular weight excluding hydrogens is 472 g/mol. The minimum atomic E-state index is -3.20. The molecule has 11 heteroatoms. The van der Waals surface area contributed by atoms with Crippen molar-refractivity contribution in [1.82, 2.24) is 9.38 Å². The summed E-state index contributed by atoms with van der Waals surface area (Å²) in [6, 6.07) is 9.50. The third-order valence-corrected chi connectivity index (χ3v) is 6.30. The smallest absolute Gasteiger partial charge is 0.337 e. The van der Waals surface area contributed by atoms with Crippen molar-refractivity contribution >= 4 is 23.1 Å². The molecule has 36 heavy (non-hydrogen) atoms. The van der Waals surface area contributed by atoms with Gasteiger partial charge in [-0.2, -0.15) is 5.26 Å². The molecule has 0 saturated carbocycles. The first-order valence-electron chi connectivity index (χ1n) is 11.3. The summed E-state index contributed by atoms with van der Waals surface area (Å²) in [6.45, 7) is 2.93. The number of para-hydroxylation sites is 1. The Kier molecular flexibility index (Phi) is 6.65. The van der Waals surface area contributed by atoms with Crippen molar-refractivity contribution in [2.75, 3.05) is 30.4 Å². The van der Waals surface area contributed by atoms with Crippen LogP contribution in [0.1, 0.15) is 46.4 Å². The maximum atomic E-state index is 14.6. The van der Waals surface area contributed by atoms with E-state index >= 15 is 0 Å². The highest BCUT2D eigenvalue weighted by atomic mass is 19.3. The van der Waals surface area contributed by atoms with Gasteiger partial charge in [-0.25, -0.2) is 18.6 Å². The minimum Gasteiger partial charge on any atom is -0.478 e. The summed E-state index contributed by atoms with van der Waals surface area (Å²) >= 11 is 0. The maximum Gasteiger partial charge on any atom is 0.337 e. The number of aryl methyl sites for hydroxylation is 1. The Bertz CT molecular complexity index is 1430. The Morgan fingerprint density at radius 2 is 2.11 bits per heavy atom. The molecule has 0 spiro atoms. The Morgan fingerprint density at radius 3 is 2.75 bits per heavy atom. The van der Waals surface area contributed by atoms with Gasteiger partial charge in [0, 0.05) is 31.1 Å². The van der Waals surface area contributed by atoms with E-state index in [0.29, 0.717) is 16.8 Å². The molecule has 1 aliphatic heterocycles. The molecular formula is C25H25F2N5O4. The monoisotopic (exact) mass is 497 g/mol. The van der Waals surface area contributed by atoms with Gasteiger partial charge in [-0.15, -0.1) is 0 Å². The third kappa shape index (κ3) is 4.47. The van der Waals surface area contributed by atoms with Gasteiger partial charge in [0.1, 0.15) is 17.8 Å². The van der Waals surface area contributed by atoms with Crippen LogP contribution in [-0.2, 0) is 4.74 Å². The second kappa shape index (κ2) is 9.54. The standard InChI is InChI=1S/C25H25F2N5O4/c1-14-10-17(15(2)29-19-7-5-4-6-16(19)24(34)35)22-30-21(18(11-28)23(33)32(22)12-14)31-9-8-20(36-3)25(26,27)13-31/h4-7,10,12,15,20,29H,8-9,13H2,1-3H3,(H,34,35)/t15-,20-/m1/s1. The molecule has 3 heterocycles. The van der Waals surface area contributed by atoms with E-state index in [1.165, 1.54) is 28.7 Å². The van der Waals surface area contributed by atoms with Gasteiger partial charge in [0.05, 0.1) is 18.2 Å². The molecule has 1 fully saturated rings. The molecule has 0 bridgehead atoms. The van der Waals surface area contributed by atoms with Crippen LogP contribution >= 0.6 is 0 Å². The van der Waals surface area contributed by atoms with Crippen molar-refractivity contribution in [3.05, 3.63) is 69.1 Å². The van der Waals surface area contributed by atoms with Gasteiger partial charge in [-0.1, -0.05) is 12.1 Å². The predicted octanol–water partition coefficient (Wildman–Crippen LogP) is 3.61. The summed E-state index contributed by atoms with van der Waals surface area (Å²) in [7, 11) is 1.22. The van der Waals surface area contributed by atoms with Crippen molar-refractivity contribution in [3.8, 4) is 6.07 Å². The first kappa shape index (κ1) is 25.1. The van der Waals surface area contributed by atoms with Crippen LogP contribution in [0.4, 0.5) is 20.3 Å². The molecule has 2 aromatic heterocycles. The number of nitriles is 1. The maximum absolute atomic E-state index is 14.6. The average Bonchev–Trinajstić information content (AvgIpc) is 2.83. The molecule has 3 aromatic rings. The average molecular weight is 498 g/mol. The number of pyridine rings is 1. The molecule has 1 aromatic carbocycles. The highest BCUT2D eigenvalue weighted by molar-refractivity contribution is 5.94. The van der Waals surface area contributed by atoms with Crippen LogP contribution in [0.5, 0.6) is 0 Å². The van der Waals surface area contributed by atoms with Gasteiger partial charge < -0.3 is 20.1 Å². The van der Waals surface area contributed by atoms with Crippen LogP contribution in [0, 0.1) is 18.3 Å². The van der Waals surface area contributed by atoms with Crippen LogP contribution in [0.2, 0.25) is 0 Å². The van der Waals surface area contributed by atoms with Crippen LogP contribution in [0.3, 0.4) is 0 Å². The number of ether oxygens (including phenoxy) is 1. The number of alkyl halides is 2. The first-order chi connectivity index (χ1) is 17.1. The lowest BCUT2D eigenvalue weighted by Crippen LogP contribution is -2.53. The highest BCUT2D eigenvalue weighted by Crippen LogP contribution is 2.33. The van der Waals surface area contributed by atoms with E-state index in [2.05, 4.69) is 10.3 Å². The number of fused-ring (bicyclic) bond motifs is 1. The molecule has 1 aliphatic rings. The fourth-order valence-electron chi connectivity index (χ4n) is 4.54. The van der Waals surface area contributed by atoms with E-state index in [1.807, 2.05) is 6.07 Å². The van der Waals surface area contributed by atoms with Crippen molar-refractivity contribution in [2.45, 2.75) is 38.3 Å². The summed E-state index contributed by atoms with van der Waals surface area (Å²) in [5.74, 6) is -4.41. The van der Waals surface area contributed by atoms with Gasteiger partial charge in [0.25, 0.3) is 11.5 Å². The number of hydrogen-bond donors (Lipinski definition) is 2. The van der Waals surface area contributed by atoms with E-state index in [1.54, 1.807) is 38.1 Å². The molecule has 0 radical (unpaired) electrons. The number of anilines is 2. The summed E-state index contributed by atoms with van der Waals surface area (Å²) in [4.78, 5) is 30.7. The van der Waals surface area contributed by atoms with Crippen LogP contribution in [-0.4, -0.2) is 52.7 Å². The third-order valence-electron chi connectivity index (χ3n) is 6.30. The summed E-state index contributed by atoms with van der Waals surface area (Å²) in [5.41, 5.74) is 0.869. The number of methoxy groups -OCH3 is 1. The number of nitrogens with one attached hydrogen (secondary N) is 1. The Morgan fingerprint density at radius 1 is 1.39 bits per heavy atom. The van der Waals surface area contributed by atoms with Gasteiger partial charge in [-0.05, 0) is 44.0 Å². The number of nitrogens with zero attached hydrogens (tertiary/aromatic N) is 4. The topological polar surface area (TPSA) is 120 Å². The Hall–Kier alpha value is -4.04. The lowest BCUT2D eigenvalue weighted by atomic mass is 10.0. The van der Waals surface area contributed by atoms with Crippen molar-refractivity contribution in [1.29, 1.82) is 5.26 Å². The lowest BCUT2D eigenvalue weighted by molar-refractivity contribution is -0.129. The second-order valence-corrected chi connectivity index (χ2v) is 8.81. The summed E-state index contributed by atoms with van der Waals surface area (Å²) in [5, 5.41) is 22.4. The molecule has 0 aliphatic carbocycles. The molecule has 0 amide bonds. The number of aromatic carboxylic acids is 1. The number of carbonyl (C=O) groups is 1. The molecule has 188 valence electrons. The largest absolute Gasteiger partial charge is 0.478 e. The van der Waals surface area contributed by atoms with Gasteiger partial charge in [0.2, 0.25) is 0 Å². The van der Waals surface area contributed by atoms with Crippen molar-refractivity contribution in [2.24, 2.45) is 0 Å². The predicted molar refractivity (Wildman–Crippen MR) is 129 cm³/mol. The van der Waals surface area contributed by atoms with Crippen LogP contribution in [0.15, 0.2) is 41.3 Å². The van der Waals surface area contributed by atoms with E-state index in [4.69, 9.17) is 4.74 Å². The zero-order valence-corrected chi connectivity index (χ0v) is 20.0. The number of carboxylic acids is 1. The van der Waals surface area contributed by atoms with Gasteiger partial charge in [0.15, 0.2) is 11.4 Å². The SMILES string of the molecule is CO[C@@H]1CCN(c2nc3c([C@@H](C)Nc4ccccc4C(=O)O)cc(C)cn3c(=O)c2C#N)CC1(F)F. The summed E-state index contributed by atoms with van der Waals surface area (Å²) < 4.78 is 35.4.